The molecule has 2 N–H and O–H groups in total. The van der Waals surface area contributed by atoms with E-state index in [0.717, 1.165) is 23.7 Å². The molecule has 1 saturated carbocycles. The van der Waals surface area contributed by atoms with Crippen LogP contribution in [0.1, 0.15) is 32.1 Å². The Morgan fingerprint density at radius 3 is 2.38 bits per heavy atom. The number of carbonyl (C=O) groups is 2. The Morgan fingerprint density at radius 2 is 1.81 bits per heavy atom. The van der Waals surface area contributed by atoms with Crippen LogP contribution in [0.2, 0.25) is 0 Å². The van der Waals surface area contributed by atoms with Crippen LogP contribution in [-0.2, 0) is 9.59 Å². The molecule has 0 saturated heterocycles. The molecule has 0 atom stereocenters. The van der Waals surface area contributed by atoms with Crippen LogP contribution in [0.5, 0.6) is 5.75 Å². The quantitative estimate of drug-likeness (QED) is 0.851. The van der Waals surface area contributed by atoms with E-state index in [9.17, 15) is 14.7 Å². The average molecular weight is 356 g/mol. The predicted molar refractivity (Wildman–Crippen MR) is 81.2 cm³/mol. The first-order valence-electron chi connectivity index (χ1n) is 6.95. The van der Waals surface area contributed by atoms with Gasteiger partial charge in [-0.05, 0) is 37.1 Å². The van der Waals surface area contributed by atoms with Crippen molar-refractivity contribution >= 4 is 27.8 Å². The molecule has 0 aliphatic heterocycles. The first-order valence-corrected chi connectivity index (χ1v) is 7.74. The molecule has 1 aromatic rings. The molecular weight excluding hydrogens is 338 g/mol. The SMILES string of the molecule is O=C(COc1ccc(Br)cc1)NC1(C(=O)O)CCCCC1. The summed E-state index contributed by atoms with van der Waals surface area (Å²) in [6, 6.07) is 7.11. The van der Waals surface area contributed by atoms with Gasteiger partial charge in [0.05, 0.1) is 0 Å². The number of carboxylic acid groups (broad SMARTS) is 1. The van der Waals surface area contributed by atoms with Gasteiger partial charge in [-0.3, -0.25) is 4.79 Å². The van der Waals surface area contributed by atoms with Crippen LogP contribution < -0.4 is 10.1 Å². The third kappa shape index (κ3) is 4.20. The van der Waals surface area contributed by atoms with Gasteiger partial charge in [-0.15, -0.1) is 0 Å². The van der Waals surface area contributed by atoms with E-state index in [0.29, 0.717) is 18.6 Å². The van der Waals surface area contributed by atoms with Crippen molar-refractivity contribution in [2.24, 2.45) is 0 Å². The number of ether oxygens (including phenoxy) is 1. The molecule has 0 spiro atoms. The molecule has 0 unspecified atom stereocenters. The summed E-state index contributed by atoms with van der Waals surface area (Å²) < 4.78 is 6.29. The zero-order chi connectivity index (χ0) is 15.3. The standard InChI is InChI=1S/C15H18BrNO4/c16-11-4-6-12(7-5-11)21-10-13(18)17-15(14(19)20)8-2-1-3-9-15/h4-7H,1-3,8-10H2,(H,17,18)(H,19,20). The van der Waals surface area contributed by atoms with Gasteiger partial charge in [0, 0.05) is 4.47 Å². The summed E-state index contributed by atoms with van der Waals surface area (Å²) in [4.78, 5) is 23.4. The number of halogens is 1. The molecular formula is C15H18BrNO4. The van der Waals surface area contributed by atoms with Crippen molar-refractivity contribution in [3.8, 4) is 5.75 Å². The highest BCUT2D eigenvalue weighted by Crippen LogP contribution is 2.28. The minimum atomic E-state index is -1.13. The number of nitrogens with one attached hydrogen (secondary N) is 1. The van der Waals surface area contributed by atoms with Crippen LogP contribution in [0.15, 0.2) is 28.7 Å². The van der Waals surface area contributed by atoms with Gasteiger partial charge >= 0.3 is 5.97 Å². The summed E-state index contributed by atoms with van der Waals surface area (Å²) in [5, 5.41) is 12.0. The second-order valence-electron chi connectivity index (χ2n) is 5.24. The Kier molecular flexibility index (Phi) is 5.22. The molecule has 0 bridgehead atoms. The van der Waals surface area contributed by atoms with Crippen molar-refractivity contribution in [2.45, 2.75) is 37.6 Å². The van der Waals surface area contributed by atoms with Crippen LogP contribution >= 0.6 is 15.9 Å². The number of hydrogen-bond acceptors (Lipinski definition) is 3. The number of rotatable bonds is 5. The van der Waals surface area contributed by atoms with Crippen LogP contribution in [0.3, 0.4) is 0 Å². The number of aliphatic carboxylic acids is 1. The van der Waals surface area contributed by atoms with E-state index in [1.807, 2.05) is 12.1 Å². The second-order valence-corrected chi connectivity index (χ2v) is 6.15. The molecule has 114 valence electrons. The van der Waals surface area contributed by atoms with Gasteiger partial charge in [-0.2, -0.15) is 0 Å². The first-order chi connectivity index (χ1) is 10.0. The Balaban J connectivity index is 1.90. The molecule has 0 aromatic heterocycles. The lowest BCUT2D eigenvalue weighted by Gasteiger charge is -2.33. The maximum atomic E-state index is 12.0. The van der Waals surface area contributed by atoms with Gasteiger partial charge in [0.25, 0.3) is 5.91 Å². The summed E-state index contributed by atoms with van der Waals surface area (Å²) in [6.07, 6.45) is 3.61. The molecule has 1 aliphatic carbocycles. The van der Waals surface area contributed by atoms with Gasteiger partial charge in [-0.25, -0.2) is 4.79 Å². The third-order valence-electron chi connectivity index (χ3n) is 3.68. The Morgan fingerprint density at radius 1 is 1.19 bits per heavy atom. The van der Waals surface area contributed by atoms with E-state index < -0.39 is 17.4 Å². The molecule has 1 amide bonds. The van der Waals surface area contributed by atoms with Gasteiger partial charge in [0.15, 0.2) is 6.61 Å². The van der Waals surface area contributed by atoms with Crippen molar-refractivity contribution in [1.29, 1.82) is 0 Å². The molecule has 1 aliphatic rings. The van der Waals surface area contributed by atoms with Gasteiger partial charge in [0.2, 0.25) is 0 Å². The van der Waals surface area contributed by atoms with Crippen LogP contribution in [-0.4, -0.2) is 29.1 Å². The van der Waals surface area contributed by atoms with E-state index in [1.54, 1.807) is 12.1 Å². The zero-order valence-electron chi connectivity index (χ0n) is 11.6. The zero-order valence-corrected chi connectivity index (χ0v) is 13.2. The fourth-order valence-electron chi connectivity index (χ4n) is 2.53. The van der Waals surface area contributed by atoms with Crippen LogP contribution in [0, 0.1) is 0 Å². The van der Waals surface area contributed by atoms with Crippen molar-refractivity contribution in [2.75, 3.05) is 6.61 Å². The number of benzene rings is 1. The van der Waals surface area contributed by atoms with Gasteiger partial charge < -0.3 is 15.2 Å². The molecule has 21 heavy (non-hydrogen) atoms. The Labute approximate surface area is 131 Å². The molecule has 1 aromatic carbocycles. The normalized spacial score (nSPS) is 17.0. The first kappa shape index (κ1) is 15.8. The maximum Gasteiger partial charge on any atom is 0.329 e. The van der Waals surface area contributed by atoms with E-state index in [-0.39, 0.29) is 6.61 Å². The summed E-state index contributed by atoms with van der Waals surface area (Å²) in [6.45, 7) is -0.184. The van der Waals surface area contributed by atoms with Gasteiger partial charge in [-0.1, -0.05) is 35.2 Å². The van der Waals surface area contributed by atoms with E-state index >= 15 is 0 Å². The number of carboxylic acids is 1. The predicted octanol–water partition coefficient (Wildman–Crippen LogP) is 2.73. The highest BCUT2D eigenvalue weighted by molar-refractivity contribution is 9.10. The topological polar surface area (TPSA) is 75.6 Å². The highest BCUT2D eigenvalue weighted by atomic mass is 79.9. The Hall–Kier alpha value is -1.56. The summed E-state index contributed by atoms with van der Waals surface area (Å²) in [5.41, 5.74) is -1.13. The third-order valence-corrected chi connectivity index (χ3v) is 4.21. The fourth-order valence-corrected chi connectivity index (χ4v) is 2.79. The Bertz CT molecular complexity index is 509. The lowest BCUT2D eigenvalue weighted by atomic mass is 9.81. The molecule has 5 nitrogen and oxygen atoms in total. The lowest BCUT2D eigenvalue weighted by Crippen LogP contribution is -2.56. The van der Waals surface area contributed by atoms with E-state index in [4.69, 9.17) is 4.74 Å². The van der Waals surface area contributed by atoms with Gasteiger partial charge in [0.1, 0.15) is 11.3 Å². The lowest BCUT2D eigenvalue weighted by molar-refractivity contribution is -0.149. The van der Waals surface area contributed by atoms with E-state index in [1.165, 1.54) is 0 Å². The maximum absolute atomic E-state index is 12.0. The second kappa shape index (κ2) is 6.93. The van der Waals surface area contributed by atoms with Crippen molar-refractivity contribution < 1.29 is 19.4 Å². The minimum Gasteiger partial charge on any atom is -0.484 e. The largest absolute Gasteiger partial charge is 0.484 e. The van der Waals surface area contributed by atoms with Crippen molar-refractivity contribution in [1.82, 2.24) is 5.32 Å². The van der Waals surface area contributed by atoms with Crippen molar-refractivity contribution in [3.63, 3.8) is 0 Å². The highest BCUT2D eigenvalue weighted by Gasteiger charge is 2.40. The van der Waals surface area contributed by atoms with E-state index in [2.05, 4.69) is 21.2 Å². The smallest absolute Gasteiger partial charge is 0.329 e. The monoisotopic (exact) mass is 355 g/mol. The summed E-state index contributed by atoms with van der Waals surface area (Å²) >= 11 is 3.31. The molecule has 2 rings (SSSR count). The minimum absolute atomic E-state index is 0.184. The van der Waals surface area contributed by atoms with Crippen LogP contribution in [0.4, 0.5) is 0 Å². The molecule has 0 radical (unpaired) electrons. The average Bonchev–Trinajstić information content (AvgIpc) is 2.47. The summed E-state index contributed by atoms with van der Waals surface area (Å²) in [5.74, 6) is -0.789. The molecule has 6 heteroatoms. The number of amides is 1. The fraction of sp³-hybridized carbons (Fsp3) is 0.467. The van der Waals surface area contributed by atoms with Crippen molar-refractivity contribution in [3.05, 3.63) is 28.7 Å². The molecule has 0 heterocycles. The van der Waals surface area contributed by atoms with Crippen LogP contribution in [0.25, 0.3) is 0 Å². The summed E-state index contributed by atoms with van der Waals surface area (Å²) in [7, 11) is 0. The molecule has 1 fully saturated rings. The number of hydrogen-bond donors (Lipinski definition) is 2. The number of carbonyl (C=O) groups excluding carboxylic acids is 1.